The number of ether oxygens (including phenoxy) is 3. The summed E-state index contributed by atoms with van der Waals surface area (Å²) in [7, 11) is 0. The van der Waals surface area contributed by atoms with Crippen LogP contribution >= 0.6 is 0 Å². The number of carbonyl (C=O) groups is 1. The van der Waals surface area contributed by atoms with Gasteiger partial charge in [-0.1, -0.05) is 6.92 Å². The largest absolute Gasteiger partial charge is 0.506 e. The first-order valence-electron chi connectivity index (χ1n) is 5.61. The molecule has 0 bridgehead atoms. The molecule has 0 aromatic heterocycles. The summed E-state index contributed by atoms with van der Waals surface area (Å²) in [6, 6.07) is 0. The Hall–Kier alpha value is -0.810. The zero-order chi connectivity index (χ0) is 12.6. The SMILES string of the molecule is CCOCC(C)C(OC(=O)O)C(C)OCC. The summed E-state index contributed by atoms with van der Waals surface area (Å²) in [4.78, 5) is 10.6. The van der Waals surface area contributed by atoms with Gasteiger partial charge in [-0.2, -0.15) is 0 Å². The average molecular weight is 234 g/mol. The summed E-state index contributed by atoms with van der Waals surface area (Å²) in [6.45, 7) is 9.05. The lowest BCUT2D eigenvalue weighted by Gasteiger charge is -2.27. The van der Waals surface area contributed by atoms with Crippen LogP contribution in [0.2, 0.25) is 0 Å². The van der Waals surface area contributed by atoms with Crippen LogP contribution in [0.3, 0.4) is 0 Å². The molecule has 5 nitrogen and oxygen atoms in total. The third-order valence-electron chi connectivity index (χ3n) is 2.27. The Morgan fingerprint density at radius 3 is 2.31 bits per heavy atom. The van der Waals surface area contributed by atoms with Crippen LogP contribution in [0.4, 0.5) is 4.79 Å². The van der Waals surface area contributed by atoms with Gasteiger partial charge in [0.1, 0.15) is 6.10 Å². The molecule has 0 aromatic carbocycles. The first kappa shape index (κ1) is 15.2. The van der Waals surface area contributed by atoms with Gasteiger partial charge in [0.05, 0.1) is 12.7 Å². The Labute approximate surface area is 96.7 Å². The monoisotopic (exact) mass is 234 g/mol. The molecular weight excluding hydrogens is 212 g/mol. The van der Waals surface area contributed by atoms with Crippen molar-refractivity contribution in [1.29, 1.82) is 0 Å². The van der Waals surface area contributed by atoms with Crippen LogP contribution in [0.1, 0.15) is 27.7 Å². The fourth-order valence-corrected chi connectivity index (χ4v) is 1.55. The van der Waals surface area contributed by atoms with E-state index >= 15 is 0 Å². The molecular formula is C11H22O5. The molecule has 0 radical (unpaired) electrons. The minimum atomic E-state index is -1.28. The van der Waals surface area contributed by atoms with Gasteiger partial charge < -0.3 is 19.3 Å². The molecule has 5 heteroatoms. The molecule has 0 saturated carbocycles. The van der Waals surface area contributed by atoms with Crippen LogP contribution in [0, 0.1) is 5.92 Å². The van der Waals surface area contributed by atoms with Crippen LogP contribution in [0.15, 0.2) is 0 Å². The number of hydrogen-bond acceptors (Lipinski definition) is 4. The van der Waals surface area contributed by atoms with Gasteiger partial charge in [-0.15, -0.1) is 0 Å². The van der Waals surface area contributed by atoms with E-state index in [1.165, 1.54) is 0 Å². The van der Waals surface area contributed by atoms with Gasteiger partial charge in [0.15, 0.2) is 0 Å². The van der Waals surface area contributed by atoms with Gasteiger partial charge in [-0.25, -0.2) is 4.79 Å². The second-order valence-electron chi connectivity index (χ2n) is 3.65. The highest BCUT2D eigenvalue weighted by Crippen LogP contribution is 2.15. The van der Waals surface area contributed by atoms with Crippen LogP contribution in [-0.2, 0) is 14.2 Å². The van der Waals surface area contributed by atoms with Gasteiger partial charge >= 0.3 is 6.16 Å². The van der Waals surface area contributed by atoms with Crippen molar-refractivity contribution in [3.63, 3.8) is 0 Å². The molecule has 0 aromatic rings. The molecule has 96 valence electrons. The average Bonchev–Trinajstić information content (AvgIpc) is 2.22. The van der Waals surface area contributed by atoms with Crippen molar-refractivity contribution in [2.24, 2.45) is 5.92 Å². The lowest BCUT2D eigenvalue weighted by molar-refractivity contribution is -0.0785. The Balaban J connectivity index is 4.32. The van der Waals surface area contributed by atoms with Crippen molar-refractivity contribution < 1.29 is 24.1 Å². The third-order valence-corrected chi connectivity index (χ3v) is 2.27. The van der Waals surface area contributed by atoms with Crippen molar-refractivity contribution >= 4 is 6.16 Å². The Morgan fingerprint density at radius 2 is 1.88 bits per heavy atom. The second-order valence-corrected chi connectivity index (χ2v) is 3.65. The Bertz CT molecular complexity index is 195. The van der Waals surface area contributed by atoms with Crippen molar-refractivity contribution in [3.05, 3.63) is 0 Å². The van der Waals surface area contributed by atoms with E-state index < -0.39 is 12.3 Å². The first-order valence-corrected chi connectivity index (χ1v) is 5.61. The standard InChI is InChI=1S/C11H22O5/c1-5-14-7-8(3)10(16-11(12)13)9(4)15-6-2/h8-10H,5-7H2,1-4H3,(H,12,13). The first-order chi connectivity index (χ1) is 7.52. The van der Waals surface area contributed by atoms with Crippen molar-refractivity contribution in [2.75, 3.05) is 19.8 Å². The van der Waals surface area contributed by atoms with Crippen LogP contribution < -0.4 is 0 Å². The summed E-state index contributed by atoms with van der Waals surface area (Å²) in [5.41, 5.74) is 0. The molecule has 0 fully saturated rings. The predicted molar refractivity (Wildman–Crippen MR) is 59.6 cm³/mol. The molecule has 3 atom stereocenters. The fourth-order valence-electron chi connectivity index (χ4n) is 1.55. The van der Waals surface area contributed by atoms with Crippen LogP contribution in [-0.4, -0.2) is 43.3 Å². The van der Waals surface area contributed by atoms with Gasteiger partial charge in [0.25, 0.3) is 0 Å². The number of carboxylic acid groups (broad SMARTS) is 1. The lowest BCUT2D eigenvalue weighted by atomic mass is 10.0. The van der Waals surface area contributed by atoms with E-state index in [2.05, 4.69) is 0 Å². The number of hydrogen-bond donors (Lipinski definition) is 1. The molecule has 3 unspecified atom stereocenters. The maximum atomic E-state index is 10.6. The molecule has 0 aliphatic rings. The summed E-state index contributed by atoms with van der Waals surface area (Å²) >= 11 is 0. The highest BCUT2D eigenvalue weighted by Gasteiger charge is 2.28. The van der Waals surface area contributed by atoms with Gasteiger partial charge in [0, 0.05) is 19.1 Å². The quantitative estimate of drug-likeness (QED) is 0.652. The molecule has 0 rings (SSSR count). The van der Waals surface area contributed by atoms with Gasteiger partial charge in [-0.05, 0) is 20.8 Å². The molecule has 0 spiro atoms. The Kier molecular flexibility index (Phi) is 7.93. The van der Waals surface area contributed by atoms with E-state index in [4.69, 9.17) is 19.3 Å². The summed E-state index contributed by atoms with van der Waals surface area (Å²) in [5.74, 6) is -0.0300. The fraction of sp³-hybridized carbons (Fsp3) is 0.909. The normalized spacial score (nSPS) is 16.5. The molecule has 16 heavy (non-hydrogen) atoms. The Morgan fingerprint density at radius 1 is 1.25 bits per heavy atom. The summed E-state index contributed by atoms with van der Waals surface area (Å²) in [6.07, 6.45) is -2.04. The minimum absolute atomic E-state index is 0.0300. The van der Waals surface area contributed by atoms with E-state index in [9.17, 15) is 4.79 Å². The molecule has 0 amide bonds. The minimum Gasteiger partial charge on any atom is -0.450 e. The zero-order valence-corrected chi connectivity index (χ0v) is 10.4. The van der Waals surface area contributed by atoms with Crippen LogP contribution in [0.25, 0.3) is 0 Å². The van der Waals surface area contributed by atoms with Crippen molar-refractivity contribution in [1.82, 2.24) is 0 Å². The van der Waals surface area contributed by atoms with Crippen molar-refractivity contribution in [2.45, 2.75) is 39.9 Å². The van der Waals surface area contributed by atoms with E-state index in [0.29, 0.717) is 19.8 Å². The predicted octanol–water partition coefficient (Wildman–Crippen LogP) is 2.15. The van der Waals surface area contributed by atoms with E-state index in [1.807, 2.05) is 20.8 Å². The van der Waals surface area contributed by atoms with E-state index in [-0.39, 0.29) is 12.0 Å². The maximum absolute atomic E-state index is 10.6. The molecule has 0 heterocycles. The highest BCUT2D eigenvalue weighted by molar-refractivity contribution is 5.57. The molecule has 1 N–H and O–H groups in total. The van der Waals surface area contributed by atoms with Gasteiger partial charge in [-0.3, -0.25) is 0 Å². The van der Waals surface area contributed by atoms with E-state index in [0.717, 1.165) is 0 Å². The smallest absolute Gasteiger partial charge is 0.450 e. The highest BCUT2D eigenvalue weighted by atomic mass is 16.7. The second kappa shape index (κ2) is 8.35. The third kappa shape index (κ3) is 5.92. The summed E-state index contributed by atoms with van der Waals surface area (Å²) < 4.78 is 15.5. The number of rotatable bonds is 8. The molecule has 0 aliphatic heterocycles. The maximum Gasteiger partial charge on any atom is 0.506 e. The van der Waals surface area contributed by atoms with E-state index in [1.54, 1.807) is 6.92 Å². The van der Waals surface area contributed by atoms with Crippen LogP contribution in [0.5, 0.6) is 0 Å². The zero-order valence-electron chi connectivity index (χ0n) is 10.4. The molecule has 0 saturated heterocycles. The topological polar surface area (TPSA) is 65.0 Å². The lowest BCUT2D eigenvalue weighted by Crippen LogP contribution is -2.38. The summed E-state index contributed by atoms with van der Waals surface area (Å²) in [5, 5.41) is 8.66. The molecule has 0 aliphatic carbocycles. The van der Waals surface area contributed by atoms with Crippen molar-refractivity contribution in [3.8, 4) is 0 Å². The van der Waals surface area contributed by atoms with Gasteiger partial charge in [0.2, 0.25) is 0 Å².